The molecule has 0 amide bonds. The topological polar surface area (TPSA) is 26.3 Å². The summed E-state index contributed by atoms with van der Waals surface area (Å²) >= 11 is 0. The molecule has 15 heavy (non-hydrogen) atoms. The molecule has 2 heteroatoms. The van der Waals surface area contributed by atoms with Gasteiger partial charge in [0.15, 0.2) is 0 Å². The highest BCUT2D eigenvalue weighted by molar-refractivity contribution is 5.86. The van der Waals surface area contributed by atoms with Crippen LogP contribution in [-0.4, -0.2) is 12.6 Å². The molecule has 2 nitrogen and oxygen atoms in total. The second kappa shape index (κ2) is 6.23. The molecule has 1 aliphatic carbocycles. The highest BCUT2D eigenvalue weighted by Gasteiger charge is 2.04. The quantitative estimate of drug-likeness (QED) is 0.379. The minimum Gasteiger partial charge on any atom is -0.462 e. The molecule has 0 bridgehead atoms. The Morgan fingerprint density at radius 1 is 1.33 bits per heavy atom. The molecule has 0 saturated heterocycles. The van der Waals surface area contributed by atoms with Crippen LogP contribution in [0.4, 0.5) is 0 Å². The Hall–Kier alpha value is -1.31. The molecule has 0 N–H and O–H groups in total. The fourth-order valence-corrected chi connectivity index (χ4v) is 1.44. The average molecular weight is 206 g/mol. The first kappa shape index (κ1) is 11.8. The molecule has 0 saturated carbocycles. The Labute approximate surface area is 91.3 Å². The van der Waals surface area contributed by atoms with Crippen LogP contribution in [0.25, 0.3) is 0 Å². The number of hydrogen-bond acceptors (Lipinski definition) is 2. The van der Waals surface area contributed by atoms with Gasteiger partial charge >= 0.3 is 5.97 Å². The summed E-state index contributed by atoms with van der Waals surface area (Å²) in [6, 6.07) is 0. The van der Waals surface area contributed by atoms with E-state index < -0.39 is 0 Å². The van der Waals surface area contributed by atoms with E-state index in [2.05, 4.69) is 30.9 Å². The highest BCUT2D eigenvalue weighted by atomic mass is 16.5. The molecule has 0 heterocycles. The summed E-state index contributed by atoms with van der Waals surface area (Å²) in [5.74, 6) is 0.303. The lowest BCUT2D eigenvalue weighted by Gasteiger charge is -2.06. The molecular formula is C13H18O2. The highest BCUT2D eigenvalue weighted by Crippen LogP contribution is 2.16. The van der Waals surface area contributed by atoms with Crippen LogP contribution in [-0.2, 0) is 9.53 Å². The molecule has 0 aliphatic heterocycles. The van der Waals surface area contributed by atoms with Crippen molar-refractivity contribution in [2.75, 3.05) is 6.61 Å². The third-order valence-corrected chi connectivity index (χ3v) is 2.34. The van der Waals surface area contributed by atoms with E-state index in [1.165, 1.54) is 0 Å². The number of ether oxygens (including phenoxy) is 1. The lowest BCUT2D eigenvalue weighted by molar-refractivity contribution is -0.139. The number of unbranched alkanes of at least 4 members (excludes halogenated alkanes) is 1. The summed E-state index contributed by atoms with van der Waals surface area (Å²) in [6.07, 6.45) is 11.7. The van der Waals surface area contributed by atoms with Crippen molar-refractivity contribution in [1.82, 2.24) is 0 Å². The van der Waals surface area contributed by atoms with Crippen molar-refractivity contribution >= 4 is 5.97 Å². The Kier molecular flexibility index (Phi) is 4.88. The summed E-state index contributed by atoms with van der Waals surface area (Å²) < 4.78 is 4.99. The number of allylic oxidation sites excluding steroid dienone is 4. The van der Waals surface area contributed by atoms with Crippen molar-refractivity contribution in [3.8, 4) is 0 Å². The number of esters is 1. The van der Waals surface area contributed by atoms with E-state index in [0.29, 0.717) is 18.1 Å². The molecule has 0 unspecified atom stereocenters. The standard InChI is InChI=1S/C13H18O2/c1-11(2)13(14)15-10-6-5-9-12-7-3-4-8-12/h3-4,7-8,12H,1,5-6,9-10H2,2H3. The Bertz CT molecular complexity index is 275. The van der Waals surface area contributed by atoms with E-state index in [1.807, 2.05) is 0 Å². The number of carbonyl (C=O) groups excluding carboxylic acids is 1. The van der Waals surface area contributed by atoms with Gasteiger partial charge in [-0.15, -0.1) is 0 Å². The van der Waals surface area contributed by atoms with Gasteiger partial charge in [-0.05, 0) is 32.1 Å². The minimum absolute atomic E-state index is 0.282. The maximum Gasteiger partial charge on any atom is 0.333 e. The molecule has 0 aromatic rings. The first-order valence-corrected chi connectivity index (χ1v) is 5.38. The van der Waals surface area contributed by atoms with Crippen molar-refractivity contribution in [2.45, 2.75) is 26.2 Å². The van der Waals surface area contributed by atoms with Crippen LogP contribution in [0.15, 0.2) is 36.5 Å². The summed E-state index contributed by atoms with van der Waals surface area (Å²) in [6.45, 7) is 5.69. The van der Waals surface area contributed by atoms with Crippen LogP contribution in [0.2, 0.25) is 0 Å². The number of hydrogen-bond donors (Lipinski definition) is 0. The Morgan fingerprint density at radius 2 is 2.00 bits per heavy atom. The van der Waals surface area contributed by atoms with Gasteiger partial charge in [-0.1, -0.05) is 30.9 Å². The Balaban J connectivity index is 1.97. The van der Waals surface area contributed by atoms with E-state index in [4.69, 9.17) is 4.74 Å². The molecule has 0 aromatic carbocycles. The normalized spacial score (nSPS) is 14.5. The van der Waals surface area contributed by atoms with Gasteiger partial charge in [-0.3, -0.25) is 0 Å². The SMILES string of the molecule is C=C(C)C(=O)OCCCCC1C=CC=C1. The zero-order valence-electron chi connectivity index (χ0n) is 9.24. The molecule has 0 radical (unpaired) electrons. The largest absolute Gasteiger partial charge is 0.462 e. The fourth-order valence-electron chi connectivity index (χ4n) is 1.44. The second-order valence-corrected chi connectivity index (χ2v) is 3.85. The van der Waals surface area contributed by atoms with Crippen molar-refractivity contribution in [1.29, 1.82) is 0 Å². The minimum atomic E-state index is -0.282. The maximum atomic E-state index is 11.0. The van der Waals surface area contributed by atoms with Gasteiger partial charge in [0, 0.05) is 5.57 Å². The number of carbonyl (C=O) groups is 1. The van der Waals surface area contributed by atoms with Gasteiger partial charge in [0.05, 0.1) is 6.61 Å². The van der Waals surface area contributed by atoms with Gasteiger partial charge in [-0.25, -0.2) is 4.79 Å². The third kappa shape index (κ3) is 4.63. The molecular weight excluding hydrogens is 188 g/mol. The first-order chi connectivity index (χ1) is 7.20. The lowest BCUT2D eigenvalue weighted by atomic mass is 10.0. The van der Waals surface area contributed by atoms with Gasteiger partial charge in [-0.2, -0.15) is 0 Å². The van der Waals surface area contributed by atoms with E-state index in [0.717, 1.165) is 19.3 Å². The van der Waals surface area contributed by atoms with Crippen LogP contribution >= 0.6 is 0 Å². The molecule has 82 valence electrons. The van der Waals surface area contributed by atoms with Crippen molar-refractivity contribution in [3.63, 3.8) is 0 Å². The molecule has 0 atom stereocenters. The molecule has 0 fully saturated rings. The van der Waals surface area contributed by atoms with E-state index >= 15 is 0 Å². The predicted molar refractivity (Wildman–Crippen MR) is 61.4 cm³/mol. The van der Waals surface area contributed by atoms with Gasteiger partial charge < -0.3 is 4.74 Å². The molecule has 0 spiro atoms. The number of rotatable bonds is 6. The fraction of sp³-hybridized carbons (Fsp3) is 0.462. The van der Waals surface area contributed by atoms with Crippen LogP contribution in [0.3, 0.4) is 0 Å². The van der Waals surface area contributed by atoms with Crippen molar-refractivity contribution < 1.29 is 9.53 Å². The van der Waals surface area contributed by atoms with Crippen LogP contribution in [0, 0.1) is 5.92 Å². The maximum absolute atomic E-state index is 11.0. The Morgan fingerprint density at radius 3 is 2.60 bits per heavy atom. The summed E-state index contributed by atoms with van der Waals surface area (Å²) in [4.78, 5) is 11.0. The third-order valence-electron chi connectivity index (χ3n) is 2.34. The van der Waals surface area contributed by atoms with Gasteiger partial charge in [0.2, 0.25) is 0 Å². The van der Waals surface area contributed by atoms with Gasteiger partial charge in [0.1, 0.15) is 0 Å². The molecule has 1 rings (SSSR count). The predicted octanol–water partition coefficient (Wildman–Crippen LogP) is 3.02. The molecule has 0 aromatic heterocycles. The zero-order chi connectivity index (χ0) is 11.1. The van der Waals surface area contributed by atoms with Crippen LogP contribution < -0.4 is 0 Å². The smallest absolute Gasteiger partial charge is 0.333 e. The van der Waals surface area contributed by atoms with E-state index in [-0.39, 0.29) is 5.97 Å². The average Bonchev–Trinajstić information content (AvgIpc) is 2.69. The lowest BCUT2D eigenvalue weighted by Crippen LogP contribution is -2.06. The van der Waals surface area contributed by atoms with Crippen molar-refractivity contribution in [3.05, 3.63) is 36.5 Å². The van der Waals surface area contributed by atoms with Crippen LogP contribution in [0.5, 0.6) is 0 Å². The summed E-state index contributed by atoms with van der Waals surface area (Å²) in [7, 11) is 0. The van der Waals surface area contributed by atoms with Gasteiger partial charge in [0.25, 0.3) is 0 Å². The van der Waals surface area contributed by atoms with Crippen LogP contribution in [0.1, 0.15) is 26.2 Å². The summed E-state index contributed by atoms with van der Waals surface area (Å²) in [5.41, 5.74) is 0.469. The zero-order valence-corrected chi connectivity index (χ0v) is 9.24. The second-order valence-electron chi connectivity index (χ2n) is 3.85. The van der Waals surface area contributed by atoms with Crippen molar-refractivity contribution in [2.24, 2.45) is 5.92 Å². The monoisotopic (exact) mass is 206 g/mol. The van der Waals surface area contributed by atoms with E-state index in [9.17, 15) is 4.79 Å². The van der Waals surface area contributed by atoms with E-state index in [1.54, 1.807) is 6.92 Å². The summed E-state index contributed by atoms with van der Waals surface area (Å²) in [5, 5.41) is 0. The first-order valence-electron chi connectivity index (χ1n) is 5.38. The molecule has 1 aliphatic rings.